The molecule has 0 aromatic carbocycles. The van der Waals surface area contributed by atoms with Crippen LogP contribution in [0.4, 0.5) is 0 Å². The third-order valence-corrected chi connectivity index (χ3v) is 1.68. The van der Waals surface area contributed by atoms with Gasteiger partial charge in [-0.25, -0.2) is 0 Å². The Kier molecular flexibility index (Phi) is 2.47. The smallest absolute Gasteiger partial charge is 0.167 e. The predicted molar refractivity (Wildman–Crippen MR) is 44.4 cm³/mol. The minimum absolute atomic E-state index is 0.195. The monoisotopic (exact) mass is 168 g/mol. The van der Waals surface area contributed by atoms with Crippen molar-refractivity contribution in [2.45, 2.75) is 13.8 Å². The fraction of sp³-hybridized carbons (Fsp3) is 0.500. The van der Waals surface area contributed by atoms with Gasteiger partial charge in [-0.05, 0) is 13.8 Å². The predicted octanol–water partition coefficient (Wildman–Crippen LogP) is -0.431. The molecule has 0 unspecified atom stereocenters. The van der Waals surface area contributed by atoms with E-state index >= 15 is 0 Å². The molecule has 0 amide bonds. The van der Waals surface area contributed by atoms with Gasteiger partial charge in [-0.15, -0.1) is 0 Å². The number of hydrogen-bond donors (Lipinski definition) is 2. The first-order chi connectivity index (χ1) is 5.63. The molecule has 2 N–H and O–H groups in total. The summed E-state index contributed by atoms with van der Waals surface area (Å²) in [4.78, 5) is 22.0. The van der Waals surface area contributed by atoms with E-state index in [0.29, 0.717) is 5.82 Å². The molecule has 0 radical (unpaired) electrons. The van der Waals surface area contributed by atoms with Crippen molar-refractivity contribution >= 4 is 11.6 Å². The third-order valence-electron chi connectivity index (χ3n) is 1.68. The van der Waals surface area contributed by atoms with E-state index in [1.807, 2.05) is 0 Å². The number of allylic oxidation sites excluding steroid dienone is 1. The van der Waals surface area contributed by atoms with Crippen LogP contribution in [0.1, 0.15) is 13.8 Å². The van der Waals surface area contributed by atoms with Gasteiger partial charge in [0.25, 0.3) is 0 Å². The van der Waals surface area contributed by atoms with Crippen LogP contribution in [0.15, 0.2) is 11.4 Å². The first kappa shape index (κ1) is 8.77. The molecule has 1 aliphatic rings. The average molecular weight is 168 g/mol. The van der Waals surface area contributed by atoms with Gasteiger partial charge in [-0.2, -0.15) is 0 Å². The molecule has 0 aromatic rings. The Hall–Kier alpha value is -1.32. The summed E-state index contributed by atoms with van der Waals surface area (Å²) >= 11 is 0. The Morgan fingerprint density at radius 1 is 1.08 bits per heavy atom. The lowest BCUT2D eigenvalue weighted by Gasteiger charge is -2.04. The summed E-state index contributed by atoms with van der Waals surface area (Å²) in [6, 6.07) is 0. The van der Waals surface area contributed by atoms with Crippen LogP contribution in [0.5, 0.6) is 0 Å². The fourth-order valence-electron chi connectivity index (χ4n) is 1.21. The highest BCUT2D eigenvalue weighted by atomic mass is 16.1. The summed E-state index contributed by atoms with van der Waals surface area (Å²) in [5.74, 6) is 0.189. The quantitative estimate of drug-likeness (QED) is 0.334. The van der Waals surface area contributed by atoms with Crippen LogP contribution in [0.3, 0.4) is 0 Å². The van der Waals surface area contributed by atoms with Crippen molar-refractivity contribution in [1.82, 2.24) is 10.6 Å². The summed E-state index contributed by atoms with van der Waals surface area (Å²) < 4.78 is 0. The first-order valence-corrected chi connectivity index (χ1v) is 3.87. The van der Waals surface area contributed by atoms with E-state index in [9.17, 15) is 9.59 Å². The largest absolute Gasteiger partial charge is 0.369 e. The zero-order valence-corrected chi connectivity index (χ0v) is 7.23. The van der Waals surface area contributed by atoms with E-state index in [1.54, 1.807) is 0 Å². The lowest BCUT2D eigenvalue weighted by molar-refractivity contribution is -0.119. The van der Waals surface area contributed by atoms with Gasteiger partial charge in [-0.3, -0.25) is 9.59 Å². The highest BCUT2D eigenvalue weighted by molar-refractivity contribution is 6.18. The van der Waals surface area contributed by atoms with Crippen LogP contribution >= 0.6 is 0 Å². The molecule has 1 rings (SSSR count). The number of Topliss-reactive ketones (excluding diaryl/α,β-unsaturated/α-hetero) is 2. The summed E-state index contributed by atoms with van der Waals surface area (Å²) in [6.45, 7) is 4.32. The standard InChI is InChI=1S/C8H12N2O2/c1-5(11)7(6(2)12)8-9-3-4-10-8/h9-10H,3-4H2,1-2H3. The second-order valence-electron chi connectivity index (χ2n) is 2.72. The molecule has 0 saturated carbocycles. The molecule has 0 aromatic heterocycles. The molecular weight excluding hydrogens is 156 g/mol. The van der Waals surface area contributed by atoms with Crippen molar-refractivity contribution in [3.8, 4) is 0 Å². The maximum absolute atomic E-state index is 11.0. The zero-order valence-electron chi connectivity index (χ0n) is 7.23. The molecule has 4 heteroatoms. The Labute approximate surface area is 71.0 Å². The molecule has 1 saturated heterocycles. The van der Waals surface area contributed by atoms with Crippen molar-refractivity contribution in [1.29, 1.82) is 0 Å². The summed E-state index contributed by atoms with van der Waals surface area (Å²) in [5, 5.41) is 5.89. The minimum atomic E-state index is -0.195. The van der Waals surface area contributed by atoms with Crippen LogP contribution in [0, 0.1) is 0 Å². The Bertz CT molecular complexity index is 232. The van der Waals surface area contributed by atoms with Gasteiger partial charge in [0.05, 0.1) is 5.57 Å². The van der Waals surface area contributed by atoms with Crippen molar-refractivity contribution in [3.05, 3.63) is 11.4 Å². The van der Waals surface area contributed by atoms with Crippen molar-refractivity contribution in [3.63, 3.8) is 0 Å². The van der Waals surface area contributed by atoms with E-state index < -0.39 is 0 Å². The maximum Gasteiger partial charge on any atom is 0.167 e. The van der Waals surface area contributed by atoms with Gasteiger partial charge in [-0.1, -0.05) is 0 Å². The number of carbonyl (C=O) groups excluding carboxylic acids is 2. The molecule has 0 spiro atoms. The SMILES string of the molecule is CC(=O)C(C(C)=O)=C1NCCN1. The van der Waals surface area contributed by atoms with E-state index in [2.05, 4.69) is 10.6 Å². The van der Waals surface area contributed by atoms with E-state index in [4.69, 9.17) is 0 Å². The molecule has 0 atom stereocenters. The van der Waals surface area contributed by atoms with Crippen LogP contribution in [-0.4, -0.2) is 24.7 Å². The second-order valence-corrected chi connectivity index (χ2v) is 2.72. The number of ketones is 2. The number of carbonyl (C=O) groups is 2. The molecule has 66 valence electrons. The first-order valence-electron chi connectivity index (χ1n) is 3.87. The van der Waals surface area contributed by atoms with Gasteiger partial charge in [0, 0.05) is 13.1 Å². The molecule has 1 heterocycles. The van der Waals surface area contributed by atoms with Gasteiger partial charge in [0.2, 0.25) is 0 Å². The lowest BCUT2D eigenvalue weighted by atomic mass is 10.1. The second kappa shape index (κ2) is 3.38. The van der Waals surface area contributed by atoms with Gasteiger partial charge >= 0.3 is 0 Å². The van der Waals surface area contributed by atoms with E-state index in [0.717, 1.165) is 13.1 Å². The maximum atomic E-state index is 11.0. The highest BCUT2D eigenvalue weighted by Crippen LogP contribution is 2.04. The van der Waals surface area contributed by atoms with Gasteiger partial charge in [0.15, 0.2) is 11.6 Å². The van der Waals surface area contributed by atoms with Crippen molar-refractivity contribution in [2.75, 3.05) is 13.1 Å². The Morgan fingerprint density at radius 3 is 1.83 bits per heavy atom. The van der Waals surface area contributed by atoms with Crippen LogP contribution in [0.25, 0.3) is 0 Å². The number of hydrogen-bond acceptors (Lipinski definition) is 4. The van der Waals surface area contributed by atoms with Crippen LogP contribution in [-0.2, 0) is 9.59 Å². The van der Waals surface area contributed by atoms with Crippen LogP contribution in [0.2, 0.25) is 0 Å². The number of rotatable bonds is 2. The third kappa shape index (κ3) is 1.64. The van der Waals surface area contributed by atoms with Crippen molar-refractivity contribution in [2.24, 2.45) is 0 Å². The molecule has 1 fully saturated rings. The van der Waals surface area contributed by atoms with E-state index in [1.165, 1.54) is 13.8 Å². The molecule has 1 aliphatic heterocycles. The lowest BCUT2D eigenvalue weighted by Crippen LogP contribution is -2.21. The summed E-state index contributed by atoms with van der Waals surface area (Å²) in [6.07, 6.45) is 0. The van der Waals surface area contributed by atoms with Gasteiger partial charge < -0.3 is 10.6 Å². The summed E-state index contributed by atoms with van der Waals surface area (Å²) in [7, 11) is 0. The van der Waals surface area contributed by atoms with Crippen molar-refractivity contribution < 1.29 is 9.59 Å². The number of nitrogens with one attached hydrogen (secondary N) is 2. The molecule has 0 aliphatic carbocycles. The minimum Gasteiger partial charge on any atom is -0.369 e. The Morgan fingerprint density at radius 2 is 1.50 bits per heavy atom. The topological polar surface area (TPSA) is 58.2 Å². The molecule has 0 bridgehead atoms. The normalized spacial score (nSPS) is 15.0. The fourth-order valence-corrected chi connectivity index (χ4v) is 1.21. The molecule has 4 nitrogen and oxygen atoms in total. The average Bonchev–Trinajstić information content (AvgIpc) is 2.37. The molecule has 12 heavy (non-hydrogen) atoms. The van der Waals surface area contributed by atoms with Gasteiger partial charge in [0.1, 0.15) is 5.82 Å². The van der Waals surface area contributed by atoms with Crippen LogP contribution < -0.4 is 10.6 Å². The molecular formula is C8H12N2O2. The Balaban J connectivity index is 2.97. The zero-order chi connectivity index (χ0) is 9.14. The summed E-state index contributed by atoms with van der Waals surface area (Å²) in [5.41, 5.74) is 0.243. The highest BCUT2D eigenvalue weighted by Gasteiger charge is 2.18. The van der Waals surface area contributed by atoms with E-state index in [-0.39, 0.29) is 17.1 Å².